The summed E-state index contributed by atoms with van der Waals surface area (Å²) < 4.78 is 27.0. The summed E-state index contributed by atoms with van der Waals surface area (Å²) in [6.45, 7) is 5.16. The van der Waals surface area contributed by atoms with Crippen molar-refractivity contribution in [2.75, 3.05) is 18.1 Å². The summed E-state index contributed by atoms with van der Waals surface area (Å²) in [6, 6.07) is 3.87. The molecular formula is C15H21F2NS2. The maximum Gasteiger partial charge on any atom is 0.126 e. The number of thioether (sulfide) groups is 2. The van der Waals surface area contributed by atoms with Crippen LogP contribution in [0.3, 0.4) is 0 Å². The van der Waals surface area contributed by atoms with Crippen LogP contribution in [-0.4, -0.2) is 28.6 Å². The van der Waals surface area contributed by atoms with Crippen LogP contribution < -0.4 is 5.32 Å². The SMILES string of the molecule is CCCNC(c1cc(F)cc(F)c1)C1SCCSC1C. The Balaban J connectivity index is 2.25. The largest absolute Gasteiger partial charge is 0.309 e. The van der Waals surface area contributed by atoms with Crippen molar-refractivity contribution in [3.63, 3.8) is 0 Å². The first-order chi connectivity index (χ1) is 9.61. The predicted octanol–water partition coefficient (Wildman–Crippen LogP) is 4.24. The summed E-state index contributed by atoms with van der Waals surface area (Å²) in [4.78, 5) is 0. The highest BCUT2D eigenvalue weighted by molar-refractivity contribution is 8.07. The van der Waals surface area contributed by atoms with Gasteiger partial charge in [0.15, 0.2) is 0 Å². The third-order valence-corrected chi connectivity index (χ3v) is 6.62. The van der Waals surface area contributed by atoms with Crippen molar-refractivity contribution in [2.45, 2.75) is 36.8 Å². The molecule has 2 rings (SSSR count). The van der Waals surface area contributed by atoms with Gasteiger partial charge in [-0.15, -0.1) is 0 Å². The van der Waals surface area contributed by atoms with Crippen LogP contribution in [0.5, 0.6) is 0 Å². The van der Waals surface area contributed by atoms with Gasteiger partial charge in [0.05, 0.1) is 0 Å². The molecule has 3 atom stereocenters. The molecule has 20 heavy (non-hydrogen) atoms. The van der Waals surface area contributed by atoms with Crippen LogP contribution in [0.1, 0.15) is 31.9 Å². The van der Waals surface area contributed by atoms with E-state index < -0.39 is 11.6 Å². The molecule has 1 saturated heterocycles. The molecule has 1 nitrogen and oxygen atoms in total. The molecule has 1 aliphatic heterocycles. The van der Waals surface area contributed by atoms with Crippen molar-refractivity contribution in [2.24, 2.45) is 0 Å². The van der Waals surface area contributed by atoms with E-state index in [1.165, 1.54) is 12.1 Å². The third-order valence-electron chi connectivity index (χ3n) is 3.42. The van der Waals surface area contributed by atoms with Gasteiger partial charge >= 0.3 is 0 Å². The second kappa shape index (κ2) is 7.66. The van der Waals surface area contributed by atoms with Crippen molar-refractivity contribution < 1.29 is 8.78 Å². The normalized spacial score (nSPS) is 24.6. The van der Waals surface area contributed by atoms with E-state index in [0.717, 1.165) is 36.1 Å². The molecule has 0 radical (unpaired) electrons. The monoisotopic (exact) mass is 317 g/mol. The first-order valence-electron chi connectivity index (χ1n) is 7.04. The average molecular weight is 317 g/mol. The van der Waals surface area contributed by atoms with Crippen LogP contribution in [0.4, 0.5) is 8.78 Å². The van der Waals surface area contributed by atoms with Crippen molar-refractivity contribution >= 4 is 23.5 Å². The van der Waals surface area contributed by atoms with Gasteiger partial charge in [0.25, 0.3) is 0 Å². The lowest BCUT2D eigenvalue weighted by Crippen LogP contribution is -2.38. The van der Waals surface area contributed by atoms with Crippen LogP contribution >= 0.6 is 23.5 Å². The lowest BCUT2D eigenvalue weighted by molar-refractivity contribution is 0.498. The third kappa shape index (κ3) is 4.12. The lowest BCUT2D eigenvalue weighted by Gasteiger charge is -2.35. The Labute approximate surface area is 128 Å². The highest BCUT2D eigenvalue weighted by Gasteiger charge is 2.31. The van der Waals surface area contributed by atoms with Gasteiger partial charge in [-0.2, -0.15) is 23.5 Å². The predicted molar refractivity (Wildman–Crippen MR) is 85.6 cm³/mol. The molecule has 0 amide bonds. The molecule has 1 aromatic rings. The minimum Gasteiger partial charge on any atom is -0.309 e. The standard InChI is InChI=1S/C15H21F2NS2/c1-3-4-18-14(15-10(2)19-5-6-20-15)11-7-12(16)9-13(17)8-11/h7-10,14-15,18H,3-6H2,1-2H3. The highest BCUT2D eigenvalue weighted by atomic mass is 32.2. The van der Waals surface area contributed by atoms with E-state index in [0.29, 0.717) is 10.5 Å². The van der Waals surface area contributed by atoms with E-state index in [2.05, 4.69) is 19.2 Å². The first kappa shape index (κ1) is 16.1. The zero-order chi connectivity index (χ0) is 14.5. The number of benzene rings is 1. The van der Waals surface area contributed by atoms with Gasteiger partial charge in [0, 0.05) is 34.1 Å². The summed E-state index contributed by atoms with van der Waals surface area (Å²) in [5.74, 6) is 1.26. The Bertz CT molecular complexity index is 422. The second-order valence-electron chi connectivity index (χ2n) is 5.05. The number of halogens is 2. The minimum absolute atomic E-state index is 0.00736. The molecule has 1 fully saturated rings. The van der Waals surface area contributed by atoms with Gasteiger partial charge in [-0.1, -0.05) is 13.8 Å². The maximum atomic E-state index is 13.5. The number of hydrogen-bond acceptors (Lipinski definition) is 3. The van der Waals surface area contributed by atoms with E-state index in [4.69, 9.17) is 0 Å². The molecule has 1 aromatic carbocycles. The van der Waals surface area contributed by atoms with Crippen molar-refractivity contribution in [3.05, 3.63) is 35.4 Å². The molecule has 0 bridgehead atoms. The summed E-state index contributed by atoms with van der Waals surface area (Å²) >= 11 is 3.85. The molecular weight excluding hydrogens is 296 g/mol. The number of hydrogen-bond donors (Lipinski definition) is 1. The Morgan fingerprint density at radius 2 is 1.85 bits per heavy atom. The Morgan fingerprint density at radius 1 is 1.20 bits per heavy atom. The van der Waals surface area contributed by atoms with Crippen LogP contribution in [-0.2, 0) is 0 Å². The van der Waals surface area contributed by atoms with E-state index >= 15 is 0 Å². The Morgan fingerprint density at radius 3 is 2.45 bits per heavy atom. The summed E-state index contributed by atoms with van der Waals surface area (Å²) in [5.41, 5.74) is 0.725. The second-order valence-corrected chi connectivity index (χ2v) is 7.82. The van der Waals surface area contributed by atoms with Crippen LogP contribution in [0, 0.1) is 11.6 Å². The van der Waals surface area contributed by atoms with Crippen LogP contribution in [0.25, 0.3) is 0 Å². The van der Waals surface area contributed by atoms with E-state index in [-0.39, 0.29) is 6.04 Å². The molecule has 112 valence electrons. The molecule has 5 heteroatoms. The highest BCUT2D eigenvalue weighted by Crippen LogP contribution is 2.38. The summed E-state index contributed by atoms with van der Waals surface area (Å²) in [5, 5.41) is 4.30. The quantitative estimate of drug-likeness (QED) is 0.872. The van der Waals surface area contributed by atoms with Gasteiger partial charge in [-0.25, -0.2) is 8.78 Å². The smallest absolute Gasteiger partial charge is 0.126 e. The molecule has 0 aromatic heterocycles. The van der Waals surface area contributed by atoms with Crippen LogP contribution in [0.15, 0.2) is 18.2 Å². The maximum absolute atomic E-state index is 13.5. The molecule has 3 unspecified atom stereocenters. The van der Waals surface area contributed by atoms with Gasteiger partial charge in [-0.05, 0) is 30.7 Å². The number of rotatable bonds is 5. The summed E-state index contributed by atoms with van der Waals surface area (Å²) in [7, 11) is 0. The first-order valence-corrected chi connectivity index (χ1v) is 9.14. The zero-order valence-corrected chi connectivity index (χ0v) is 13.5. The van der Waals surface area contributed by atoms with E-state index in [9.17, 15) is 8.78 Å². The fraction of sp³-hybridized carbons (Fsp3) is 0.600. The zero-order valence-electron chi connectivity index (χ0n) is 11.9. The summed E-state index contributed by atoms with van der Waals surface area (Å²) in [6.07, 6.45) is 1.01. The Hall–Kier alpha value is -0.260. The fourth-order valence-corrected chi connectivity index (χ4v) is 5.44. The van der Waals surface area contributed by atoms with Gasteiger partial charge in [-0.3, -0.25) is 0 Å². The topological polar surface area (TPSA) is 12.0 Å². The number of nitrogens with one attached hydrogen (secondary N) is 1. The molecule has 1 aliphatic rings. The van der Waals surface area contributed by atoms with Crippen molar-refractivity contribution in [3.8, 4) is 0 Å². The van der Waals surface area contributed by atoms with Crippen LogP contribution in [0.2, 0.25) is 0 Å². The minimum atomic E-state index is -0.496. The van der Waals surface area contributed by atoms with Crippen molar-refractivity contribution in [1.29, 1.82) is 0 Å². The van der Waals surface area contributed by atoms with Gasteiger partial charge in [0.2, 0.25) is 0 Å². The lowest BCUT2D eigenvalue weighted by atomic mass is 10.0. The molecule has 0 aliphatic carbocycles. The van der Waals surface area contributed by atoms with Gasteiger partial charge < -0.3 is 5.32 Å². The van der Waals surface area contributed by atoms with E-state index in [1.807, 2.05) is 23.5 Å². The van der Waals surface area contributed by atoms with Gasteiger partial charge in [0.1, 0.15) is 11.6 Å². The molecule has 1 N–H and O–H groups in total. The fourth-order valence-electron chi connectivity index (χ4n) is 2.49. The molecule has 1 heterocycles. The average Bonchev–Trinajstić information content (AvgIpc) is 2.40. The molecule has 0 spiro atoms. The Kier molecular flexibility index (Phi) is 6.18. The molecule has 0 saturated carbocycles. The van der Waals surface area contributed by atoms with E-state index in [1.54, 1.807) is 0 Å². The van der Waals surface area contributed by atoms with Crippen molar-refractivity contribution in [1.82, 2.24) is 5.32 Å².